The molecule has 0 amide bonds. The fourth-order valence-corrected chi connectivity index (χ4v) is 2.07. The molecule has 0 bridgehead atoms. The summed E-state index contributed by atoms with van der Waals surface area (Å²) in [5.41, 5.74) is 0.698. The van der Waals surface area contributed by atoms with Crippen molar-refractivity contribution in [1.29, 1.82) is 0 Å². The number of pyridine rings is 1. The third-order valence-electron chi connectivity index (χ3n) is 2.43. The number of aliphatic hydroxyl groups is 1. The lowest BCUT2D eigenvalue weighted by molar-refractivity contribution is 0.199. The van der Waals surface area contributed by atoms with Gasteiger partial charge in [-0.3, -0.25) is 0 Å². The normalized spacial score (nSPS) is 13.4. The largest absolute Gasteiger partial charge is 0.389 e. The Bertz CT molecular complexity index is 471. The zero-order valence-electron chi connectivity index (χ0n) is 10.3. The lowest BCUT2D eigenvalue weighted by Crippen LogP contribution is -2.26. The summed E-state index contributed by atoms with van der Waals surface area (Å²) in [4.78, 5) is 5.91. The van der Waals surface area contributed by atoms with E-state index in [0.29, 0.717) is 17.9 Å². The van der Waals surface area contributed by atoms with E-state index in [1.807, 2.05) is 0 Å². The Balaban J connectivity index is 2.85. The molecule has 1 N–H and O–H groups in total. The first-order chi connectivity index (χ1) is 7.81. The lowest BCUT2D eigenvalue weighted by atomic mass is 10.1. The minimum absolute atomic E-state index is 0.0688. The monoisotopic (exact) mass is 258 g/mol. The predicted octanol–water partition coefficient (Wildman–Crippen LogP) is 0.616. The van der Waals surface area contributed by atoms with Gasteiger partial charge in [-0.2, -0.15) is 0 Å². The van der Waals surface area contributed by atoms with Crippen LogP contribution in [0.3, 0.4) is 0 Å². The van der Waals surface area contributed by atoms with E-state index in [0.717, 1.165) is 0 Å². The summed E-state index contributed by atoms with van der Waals surface area (Å²) in [7, 11) is -1.23. The average molecular weight is 258 g/mol. The zero-order valence-corrected chi connectivity index (χ0v) is 11.1. The number of hydrogen-bond acceptors (Lipinski definition) is 5. The van der Waals surface area contributed by atoms with Crippen LogP contribution in [0.25, 0.3) is 0 Å². The predicted molar refractivity (Wildman–Crippen MR) is 67.9 cm³/mol. The Kier molecular flexibility index (Phi) is 4.47. The van der Waals surface area contributed by atoms with Crippen LogP contribution in [-0.4, -0.2) is 44.1 Å². The van der Waals surface area contributed by atoms with Gasteiger partial charge < -0.3 is 10.0 Å². The molecule has 0 fully saturated rings. The Morgan fingerprint density at radius 3 is 2.71 bits per heavy atom. The first-order valence-corrected chi connectivity index (χ1v) is 7.39. The van der Waals surface area contributed by atoms with Gasteiger partial charge in [-0.1, -0.05) is 6.07 Å². The molecule has 0 saturated carbocycles. The van der Waals surface area contributed by atoms with Crippen LogP contribution in [0.4, 0.5) is 5.82 Å². The van der Waals surface area contributed by atoms with E-state index < -0.39 is 15.9 Å². The number of nitrogens with zero attached hydrogens (tertiary/aromatic N) is 2. The summed E-state index contributed by atoms with van der Waals surface area (Å²) < 4.78 is 22.2. The number of anilines is 1. The number of sulfone groups is 1. The molecule has 0 aromatic carbocycles. The molecule has 0 aliphatic heterocycles. The molecule has 1 aromatic heterocycles. The maximum atomic E-state index is 11.1. The third-order valence-corrected chi connectivity index (χ3v) is 3.35. The fraction of sp³-hybridized carbons (Fsp3) is 0.545. The standard InChI is InChI=1S/C11H18N2O3S/c1-9(14)10-5-4-6-12-11(10)13(2)7-8-17(3,15)16/h4-6,9,14H,7-8H2,1-3H3. The van der Waals surface area contributed by atoms with Crippen LogP contribution in [0, 0.1) is 0 Å². The number of aliphatic hydroxyl groups excluding tert-OH is 1. The van der Waals surface area contributed by atoms with Crippen LogP contribution in [0.5, 0.6) is 0 Å². The second kappa shape index (κ2) is 5.46. The molecular formula is C11H18N2O3S. The quantitative estimate of drug-likeness (QED) is 0.838. The third kappa shape index (κ3) is 4.32. The van der Waals surface area contributed by atoms with Crippen LogP contribution < -0.4 is 4.90 Å². The smallest absolute Gasteiger partial charge is 0.149 e. The van der Waals surface area contributed by atoms with Crippen LogP contribution in [0.2, 0.25) is 0 Å². The van der Waals surface area contributed by atoms with Crippen molar-refractivity contribution in [2.45, 2.75) is 13.0 Å². The van der Waals surface area contributed by atoms with Gasteiger partial charge in [0.2, 0.25) is 0 Å². The van der Waals surface area contributed by atoms with E-state index in [1.54, 1.807) is 37.2 Å². The second-order valence-corrected chi connectivity index (χ2v) is 6.40. The van der Waals surface area contributed by atoms with E-state index in [1.165, 1.54) is 6.26 Å². The van der Waals surface area contributed by atoms with Crippen molar-refractivity contribution in [1.82, 2.24) is 4.98 Å². The van der Waals surface area contributed by atoms with Crippen molar-refractivity contribution in [2.75, 3.05) is 30.5 Å². The van der Waals surface area contributed by atoms with Gasteiger partial charge in [0.05, 0.1) is 11.9 Å². The maximum absolute atomic E-state index is 11.1. The van der Waals surface area contributed by atoms with E-state index in [4.69, 9.17) is 0 Å². The van der Waals surface area contributed by atoms with Gasteiger partial charge in [0, 0.05) is 31.6 Å². The molecule has 6 heteroatoms. The highest BCUT2D eigenvalue weighted by atomic mass is 32.2. The summed E-state index contributed by atoms with van der Waals surface area (Å²) in [6.45, 7) is 2.01. The van der Waals surface area contributed by atoms with E-state index in [2.05, 4.69) is 4.98 Å². The molecular weight excluding hydrogens is 240 g/mol. The molecule has 1 aromatic rings. The Labute approximate surface area is 102 Å². The van der Waals surface area contributed by atoms with Crippen LogP contribution in [-0.2, 0) is 9.84 Å². The van der Waals surface area contributed by atoms with E-state index >= 15 is 0 Å². The Hall–Kier alpha value is -1.14. The molecule has 96 valence electrons. The van der Waals surface area contributed by atoms with Gasteiger partial charge >= 0.3 is 0 Å². The molecule has 1 heterocycles. The first-order valence-electron chi connectivity index (χ1n) is 5.33. The summed E-state index contributed by atoms with van der Waals surface area (Å²) in [5, 5.41) is 9.60. The summed E-state index contributed by atoms with van der Waals surface area (Å²) in [5.74, 6) is 0.686. The maximum Gasteiger partial charge on any atom is 0.149 e. The molecule has 0 aliphatic rings. The highest BCUT2D eigenvalue weighted by Gasteiger charge is 2.13. The molecule has 1 atom stereocenters. The lowest BCUT2D eigenvalue weighted by Gasteiger charge is -2.21. The highest BCUT2D eigenvalue weighted by Crippen LogP contribution is 2.22. The highest BCUT2D eigenvalue weighted by molar-refractivity contribution is 7.90. The average Bonchev–Trinajstić information content (AvgIpc) is 2.25. The van der Waals surface area contributed by atoms with Gasteiger partial charge in [-0.05, 0) is 13.0 Å². The van der Waals surface area contributed by atoms with E-state index in [-0.39, 0.29) is 5.75 Å². The molecule has 0 radical (unpaired) electrons. The Morgan fingerprint density at radius 1 is 1.53 bits per heavy atom. The van der Waals surface area contributed by atoms with E-state index in [9.17, 15) is 13.5 Å². The van der Waals surface area contributed by atoms with Gasteiger partial charge in [0.15, 0.2) is 0 Å². The molecule has 0 aliphatic carbocycles. The molecule has 1 unspecified atom stereocenters. The summed E-state index contributed by atoms with van der Waals surface area (Å²) >= 11 is 0. The molecule has 5 nitrogen and oxygen atoms in total. The minimum Gasteiger partial charge on any atom is -0.389 e. The van der Waals surface area contributed by atoms with Gasteiger partial charge in [-0.15, -0.1) is 0 Å². The second-order valence-electron chi connectivity index (χ2n) is 4.14. The SMILES string of the molecule is CC(O)c1cccnc1N(C)CCS(C)(=O)=O. The van der Waals surface area contributed by atoms with Crippen molar-refractivity contribution >= 4 is 15.7 Å². The molecule has 0 spiro atoms. The van der Waals surface area contributed by atoms with Crippen molar-refractivity contribution in [3.63, 3.8) is 0 Å². The van der Waals surface area contributed by atoms with Crippen molar-refractivity contribution in [2.24, 2.45) is 0 Å². The van der Waals surface area contributed by atoms with Crippen LogP contribution >= 0.6 is 0 Å². The van der Waals surface area contributed by atoms with Gasteiger partial charge in [0.1, 0.15) is 15.7 Å². The minimum atomic E-state index is -2.99. The van der Waals surface area contributed by atoms with Crippen molar-refractivity contribution < 1.29 is 13.5 Å². The number of hydrogen-bond donors (Lipinski definition) is 1. The number of rotatable bonds is 5. The van der Waals surface area contributed by atoms with Crippen molar-refractivity contribution in [3.8, 4) is 0 Å². The number of aromatic nitrogens is 1. The first kappa shape index (κ1) is 13.9. The topological polar surface area (TPSA) is 70.5 Å². The van der Waals surface area contributed by atoms with Gasteiger partial charge in [-0.25, -0.2) is 13.4 Å². The Morgan fingerprint density at radius 2 is 2.18 bits per heavy atom. The van der Waals surface area contributed by atoms with Gasteiger partial charge in [0.25, 0.3) is 0 Å². The van der Waals surface area contributed by atoms with Crippen LogP contribution in [0.1, 0.15) is 18.6 Å². The van der Waals surface area contributed by atoms with Crippen molar-refractivity contribution in [3.05, 3.63) is 23.9 Å². The summed E-state index contributed by atoms with van der Waals surface area (Å²) in [6, 6.07) is 3.53. The zero-order chi connectivity index (χ0) is 13.1. The molecule has 17 heavy (non-hydrogen) atoms. The van der Waals surface area contributed by atoms with Crippen LogP contribution in [0.15, 0.2) is 18.3 Å². The molecule has 1 rings (SSSR count). The fourth-order valence-electron chi connectivity index (χ4n) is 1.46. The summed E-state index contributed by atoms with van der Waals surface area (Å²) in [6.07, 6.45) is 2.20. The molecule has 0 saturated heterocycles.